The van der Waals surface area contributed by atoms with Crippen molar-refractivity contribution in [2.24, 2.45) is 0 Å². The van der Waals surface area contributed by atoms with Crippen LogP contribution in [0.15, 0.2) is 33.7 Å². The molecule has 0 unspecified atom stereocenters. The van der Waals surface area contributed by atoms with E-state index in [1.54, 1.807) is 18.3 Å². The zero-order valence-corrected chi connectivity index (χ0v) is 18.7. The highest BCUT2D eigenvalue weighted by Crippen LogP contribution is 2.25. The van der Waals surface area contributed by atoms with Gasteiger partial charge < -0.3 is 9.42 Å². The van der Waals surface area contributed by atoms with Crippen LogP contribution in [0.4, 0.5) is 5.69 Å². The Balaban J connectivity index is 1.49. The third-order valence-electron chi connectivity index (χ3n) is 5.58. The van der Waals surface area contributed by atoms with Gasteiger partial charge in [-0.25, -0.2) is 0 Å². The molecule has 3 aromatic rings. The maximum atomic E-state index is 12.9. The number of anilines is 1. The number of halogens is 2. The first kappa shape index (κ1) is 20.9. The lowest BCUT2D eigenvalue weighted by molar-refractivity contribution is 0.248. The number of piperazine rings is 1. The van der Waals surface area contributed by atoms with E-state index in [4.69, 9.17) is 27.7 Å². The first-order valence-electron chi connectivity index (χ1n) is 9.78. The zero-order valence-electron chi connectivity index (χ0n) is 17.2. The van der Waals surface area contributed by atoms with Gasteiger partial charge in [-0.2, -0.15) is 9.78 Å². The van der Waals surface area contributed by atoms with Gasteiger partial charge in [0.1, 0.15) is 10.8 Å². The lowest BCUT2D eigenvalue weighted by Crippen LogP contribution is -2.46. The van der Waals surface area contributed by atoms with Crippen LogP contribution in [0.25, 0.3) is 5.69 Å². The quantitative estimate of drug-likeness (QED) is 0.606. The largest absolute Gasteiger partial charge is 0.366 e. The van der Waals surface area contributed by atoms with Crippen LogP contribution in [-0.2, 0) is 6.54 Å². The van der Waals surface area contributed by atoms with Gasteiger partial charge in [0.2, 0.25) is 0 Å². The van der Waals surface area contributed by atoms with E-state index >= 15 is 0 Å². The molecule has 1 saturated heterocycles. The highest BCUT2D eigenvalue weighted by Gasteiger charge is 2.23. The van der Waals surface area contributed by atoms with Gasteiger partial charge in [0.05, 0.1) is 23.3 Å². The second-order valence-electron chi connectivity index (χ2n) is 7.56. The smallest absolute Gasteiger partial charge is 0.292 e. The van der Waals surface area contributed by atoms with Crippen molar-refractivity contribution < 1.29 is 4.52 Å². The number of benzene rings is 1. The first-order valence-corrected chi connectivity index (χ1v) is 10.5. The van der Waals surface area contributed by atoms with Crippen LogP contribution in [0, 0.1) is 20.8 Å². The van der Waals surface area contributed by atoms with Gasteiger partial charge in [-0.15, -0.1) is 0 Å². The van der Waals surface area contributed by atoms with E-state index in [1.165, 1.54) is 4.68 Å². The van der Waals surface area contributed by atoms with Crippen molar-refractivity contribution in [3.05, 3.63) is 67.4 Å². The van der Waals surface area contributed by atoms with Crippen LogP contribution in [0.5, 0.6) is 0 Å². The highest BCUT2D eigenvalue weighted by molar-refractivity contribution is 6.33. The number of hydrogen-bond acceptors (Lipinski definition) is 6. The second-order valence-corrected chi connectivity index (χ2v) is 8.35. The molecule has 0 aliphatic carbocycles. The molecule has 158 valence electrons. The molecule has 1 fully saturated rings. The van der Waals surface area contributed by atoms with E-state index in [2.05, 4.69) is 20.1 Å². The van der Waals surface area contributed by atoms with Crippen molar-refractivity contribution in [2.45, 2.75) is 27.3 Å². The third kappa shape index (κ3) is 3.97. The van der Waals surface area contributed by atoms with Crippen molar-refractivity contribution in [3.8, 4) is 5.69 Å². The minimum absolute atomic E-state index is 0.167. The summed E-state index contributed by atoms with van der Waals surface area (Å²) in [5.74, 6) is 0.863. The van der Waals surface area contributed by atoms with Gasteiger partial charge >= 0.3 is 0 Å². The summed E-state index contributed by atoms with van der Waals surface area (Å²) in [5.41, 5.74) is 3.91. The number of hydrogen-bond donors (Lipinski definition) is 0. The SMILES string of the molecule is Cc1ccc(-n2ncc(N3CCN(Cc4c(C)noc4C)CC3)c(Cl)c2=O)cc1Cl. The Hall–Kier alpha value is -2.35. The second kappa shape index (κ2) is 8.41. The standard InChI is InChI=1S/C21H23Cl2N5O2/c1-13-4-5-16(10-18(13)22)28-21(29)20(23)19(11-24-28)27-8-6-26(7-9-27)12-17-14(2)25-30-15(17)3/h4-5,10-11H,6-9,12H2,1-3H3. The molecule has 0 N–H and O–H groups in total. The van der Waals surface area contributed by atoms with E-state index < -0.39 is 0 Å². The van der Waals surface area contributed by atoms with Crippen molar-refractivity contribution in [3.63, 3.8) is 0 Å². The molecule has 0 saturated carbocycles. The minimum atomic E-state index is -0.354. The van der Waals surface area contributed by atoms with E-state index in [-0.39, 0.29) is 10.6 Å². The molecule has 0 amide bonds. The maximum Gasteiger partial charge on any atom is 0.292 e. The molecule has 1 aliphatic rings. The van der Waals surface area contributed by atoms with E-state index in [0.29, 0.717) is 16.4 Å². The molecule has 1 aliphatic heterocycles. The molecule has 1 aromatic carbocycles. The molecule has 0 radical (unpaired) electrons. The van der Waals surface area contributed by atoms with Gasteiger partial charge in [0.15, 0.2) is 0 Å². The summed E-state index contributed by atoms with van der Waals surface area (Å²) < 4.78 is 6.54. The molecule has 4 rings (SSSR count). The number of rotatable bonds is 4. The summed E-state index contributed by atoms with van der Waals surface area (Å²) in [6.07, 6.45) is 1.65. The van der Waals surface area contributed by atoms with Gasteiger partial charge in [0.25, 0.3) is 5.56 Å². The summed E-state index contributed by atoms with van der Waals surface area (Å²) in [4.78, 5) is 17.3. The van der Waals surface area contributed by atoms with Gasteiger partial charge in [0, 0.05) is 43.3 Å². The summed E-state index contributed by atoms with van der Waals surface area (Å²) in [5, 5.41) is 9.12. The van der Waals surface area contributed by atoms with E-state index in [1.807, 2.05) is 26.8 Å². The van der Waals surface area contributed by atoms with Gasteiger partial charge in [-0.3, -0.25) is 9.69 Å². The third-order valence-corrected chi connectivity index (χ3v) is 6.34. The Morgan fingerprint density at radius 1 is 1.10 bits per heavy atom. The van der Waals surface area contributed by atoms with Crippen LogP contribution >= 0.6 is 23.2 Å². The zero-order chi connectivity index (χ0) is 21.4. The molecule has 0 spiro atoms. The maximum absolute atomic E-state index is 12.9. The van der Waals surface area contributed by atoms with Crippen molar-refractivity contribution in [2.75, 3.05) is 31.1 Å². The monoisotopic (exact) mass is 447 g/mol. The Morgan fingerprint density at radius 2 is 1.83 bits per heavy atom. The lowest BCUT2D eigenvalue weighted by atomic mass is 10.1. The predicted molar refractivity (Wildman–Crippen MR) is 118 cm³/mol. The van der Waals surface area contributed by atoms with Crippen molar-refractivity contribution >= 4 is 28.9 Å². The molecule has 0 bridgehead atoms. The minimum Gasteiger partial charge on any atom is -0.366 e. The summed E-state index contributed by atoms with van der Waals surface area (Å²) in [6, 6.07) is 5.37. The molecule has 2 aromatic heterocycles. The summed E-state index contributed by atoms with van der Waals surface area (Å²) in [7, 11) is 0. The van der Waals surface area contributed by atoms with Gasteiger partial charge in [-0.05, 0) is 38.5 Å². The molecular formula is C21H23Cl2N5O2. The number of nitrogens with zero attached hydrogens (tertiary/aromatic N) is 5. The average molecular weight is 448 g/mol. The molecule has 3 heterocycles. The highest BCUT2D eigenvalue weighted by atomic mass is 35.5. The van der Waals surface area contributed by atoms with Gasteiger partial charge in [-0.1, -0.05) is 34.4 Å². The molecule has 9 heteroatoms. The van der Waals surface area contributed by atoms with Crippen molar-refractivity contribution in [1.82, 2.24) is 19.8 Å². The Bertz CT molecular complexity index is 1110. The van der Waals surface area contributed by atoms with Crippen LogP contribution < -0.4 is 10.5 Å². The Labute approximate surface area is 184 Å². The summed E-state index contributed by atoms with van der Waals surface area (Å²) >= 11 is 12.7. The lowest BCUT2D eigenvalue weighted by Gasteiger charge is -2.36. The van der Waals surface area contributed by atoms with Crippen LogP contribution in [0.3, 0.4) is 0 Å². The topological polar surface area (TPSA) is 67.4 Å². The molecule has 7 nitrogen and oxygen atoms in total. The first-order chi connectivity index (χ1) is 14.3. The number of aryl methyl sites for hydroxylation is 3. The van der Waals surface area contributed by atoms with Crippen LogP contribution in [0.2, 0.25) is 10.0 Å². The Morgan fingerprint density at radius 3 is 2.47 bits per heavy atom. The predicted octanol–water partition coefficient (Wildman–Crippen LogP) is 3.77. The number of aromatic nitrogens is 3. The fourth-order valence-electron chi connectivity index (χ4n) is 3.64. The van der Waals surface area contributed by atoms with E-state index in [9.17, 15) is 4.79 Å². The molecule has 30 heavy (non-hydrogen) atoms. The van der Waals surface area contributed by atoms with Crippen molar-refractivity contribution in [1.29, 1.82) is 0 Å². The normalized spacial score (nSPS) is 15.0. The molecule has 0 atom stereocenters. The summed E-state index contributed by atoms with van der Waals surface area (Å²) in [6.45, 7) is 9.81. The van der Waals surface area contributed by atoms with E-state index in [0.717, 1.165) is 55.3 Å². The molecular weight excluding hydrogens is 425 g/mol. The fourth-order valence-corrected chi connectivity index (χ4v) is 4.06. The Kier molecular flexibility index (Phi) is 5.86. The van der Waals surface area contributed by atoms with Crippen LogP contribution in [-0.4, -0.2) is 46.0 Å². The average Bonchev–Trinajstić information content (AvgIpc) is 3.05. The van der Waals surface area contributed by atoms with Crippen LogP contribution in [0.1, 0.15) is 22.6 Å². The fraction of sp³-hybridized carbons (Fsp3) is 0.381.